The van der Waals surface area contributed by atoms with Gasteiger partial charge >= 0.3 is 0 Å². The molecule has 9 nitrogen and oxygen atoms in total. The first-order valence-electron chi connectivity index (χ1n) is 10.9. The highest BCUT2D eigenvalue weighted by atomic mass is 16.5. The van der Waals surface area contributed by atoms with E-state index in [1.807, 2.05) is 0 Å². The number of hydrogen-bond donors (Lipinski definition) is 1. The zero-order valence-corrected chi connectivity index (χ0v) is 17.6. The number of ether oxygens (including phenoxy) is 3. The van der Waals surface area contributed by atoms with Crippen LogP contribution in [0.3, 0.4) is 0 Å². The molecule has 2 unspecified atom stereocenters. The molecule has 0 aliphatic carbocycles. The third-order valence-corrected chi connectivity index (χ3v) is 5.90. The van der Waals surface area contributed by atoms with Crippen LogP contribution in [-0.2, 0) is 23.9 Å². The number of amides is 3. The van der Waals surface area contributed by atoms with Crippen molar-refractivity contribution < 1.29 is 28.6 Å². The van der Waals surface area contributed by atoms with E-state index in [-0.39, 0.29) is 42.8 Å². The molecule has 0 spiro atoms. The number of nitrogens with one attached hydrogen (secondary N) is 1. The maximum absolute atomic E-state index is 12.5. The fourth-order valence-electron chi connectivity index (χ4n) is 4.07. The average molecular weight is 431 g/mol. The molecule has 168 valence electrons. The first kappa shape index (κ1) is 21.6. The van der Waals surface area contributed by atoms with Crippen LogP contribution in [0.5, 0.6) is 5.75 Å². The predicted octanol–water partition coefficient (Wildman–Crippen LogP) is 0.572. The van der Waals surface area contributed by atoms with Gasteiger partial charge in [-0.15, -0.1) is 0 Å². The number of nitrogens with zero attached hydrogens (tertiary/aromatic N) is 2. The Balaban J connectivity index is 1.25. The molecule has 0 radical (unpaired) electrons. The van der Waals surface area contributed by atoms with Crippen LogP contribution in [0.25, 0.3) is 0 Å². The van der Waals surface area contributed by atoms with Gasteiger partial charge < -0.3 is 29.3 Å². The zero-order valence-electron chi connectivity index (χ0n) is 17.6. The summed E-state index contributed by atoms with van der Waals surface area (Å²) in [5, 5.41) is 2.92. The summed E-state index contributed by atoms with van der Waals surface area (Å²) in [4.78, 5) is 40.4. The van der Waals surface area contributed by atoms with Crippen molar-refractivity contribution in [3.63, 3.8) is 0 Å². The van der Waals surface area contributed by atoms with Crippen molar-refractivity contribution in [2.75, 3.05) is 57.5 Å². The van der Waals surface area contributed by atoms with Gasteiger partial charge in [-0.3, -0.25) is 14.4 Å². The molecule has 1 aromatic rings. The number of carbonyl (C=O) groups excluding carboxylic acids is 3. The van der Waals surface area contributed by atoms with E-state index < -0.39 is 0 Å². The van der Waals surface area contributed by atoms with E-state index in [0.717, 1.165) is 19.4 Å². The second-order valence-electron chi connectivity index (χ2n) is 8.06. The Morgan fingerprint density at radius 3 is 2.61 bits per heavy atom. The molecule has 0 saturated carbocycles. The van der Waals surface area contributed by atoms with Crippen molar-refractivity contribution in [3.8, 4) is 5.75 Å². The van der Waals surface area contributed by atoms with Crippen molar-refractivity contribution in [2.45, 2.75) is 25.4 Å². The van der Waals surface area contributed by atoms with Gasteiger partial charge in [0.2, 0.25) is 11.8 Å². The normalized spacial score (nSPS) is 23.8. The lowest BCUT2D eigenvalue weighted by Crippen LogP contribution is -2.42. The molecule has 0 aromatic heterocycles. The van der Waals surface area contributed by atoms with Crippen molar-refractivity contribution in [3.05, 3.63) is 24.3 Å². The van der Waals surface area contributed by atoms with Crippen LogP contribution >= 0.6 is 0 Å². The van der Waals surface area contributed by atoms with E-state index in [9.17, 15) is 14.4 Å². The molecule has 3 amide bonds. The highest BCUT2D eigenvalue weighted by Gasteiger charge is 2.35. The Hall–Kier alpha value is -2.65. The average Bonchev–Trinajstić information content (AvgIpc) is 3.46. The maximum atomic E-state index is 12.5. The molecule has 0 bridgehead atoms. The Labute approximate surface area is 181 Å². The van der Waals surface area contributed by atoms with Crippen LogP contribution in [0.2, 0.25) is 0 Å². The van der Waals surface area contributed by atoms with Crippen LogP contribution in [0, 0.1) is 5.92 Å². The Morgan fingerprint density at radius 2 is 1.90 bits per heavy atom. The fourth-order valence-corrected chi connectivity index (χ4v) is 4.07. The summed E-state index contributed by atoms with van der Waals surface area (Å²) in [6.07, 6.45) is 2.27. The summed E-state index contributed by atoms with van der Waals surface area (Å²) in [5.74, 6) is -0.0563. The van der Waals surface area contributed by atoms with Crippen molar-refractivity contribution >= 4 is 23.4 Å². The second-order valence-corrected chi connectivity index (χ2v) is 8.06. The molecule has 31 heavy (non-hydrogen) atoms. The zero-order chi connectivity index (χ0) is 21.6. The molecule has 2 atom stereocenters. The van der Waals surface area contributed by atoms with Crippen molar-refractivity contribution in [2.24, 2.45) is 5.92 Å². The number of hydrogen-bond acceptors (Lipinski definition) is 6. The molecule has 3 fully saturated rings. The van der Waals surface area contributed by atoms with Gasteiger partial charge in [0.1, 0.15) is 5.75 Å². The topological polar surface area (TPSA) is 97.4 Å². The van der Waals surface area contributed by atoms with E-state index >= 15 is 0 Å². The number of morpholine rings is 1. The van der Waals surface area contributed by atoms with E-state index in [1.165, 1.54) is 0 Å². The van der Waals surface area contributed by atoms with E-state index in [4.69, 9.17) is 14.2 Å². The molecular weight excluding hydrogens is 402 g/mol. The van der Waals surface area contributed by atoms with Gasteiger partial charge in [-0.1, -0.05) is 0 Å². The third kappa shape index (κ3) is 5.54. The summed E-state index contributed by atoms with van der Waals surface area (Å²) in [7, 11) is 0. The van der Waals surface area contributed by atoms with Crippen LogP contribution in [0.1, 0.15) is 19.3 Å². The van der Waals surface area contributed by atoms with Crippen LogP contribution in [-0.4, -0.2) is 81.3 Å². The van der Waals surface area contributed by atoms with Crippen LogP contribution in [0.4, 0.5) is 5.69 Å². The molecule has 3 heterocycles. The smallest absolute Gasteiger partial charge is 0.260 e. The van der Waals surface area contributed by atoms with Crippen LogP contribution in [0.15, 0.2) is 24.3 Å². The van der Waals surface area contributed by atoms with E-state index in [0.29, 0.717) is 50.8 Å². The lowest BCUT2D eigenvalue weighted by Gasteiger charge is -2.26. The van der Waals surface area contributed by atoms with Gasteiger partial charge in [0.15, 0.2) is 6.61 Å². The Kier molecular flexibility index (Phi) is 7.03. The first-order valence-corrected chi connectivity index (χ1v) is 10.9. The Morgan fingerprint density at radius 1 is 1.13 bits per heavy atom. The summed E-state index contributed by atoms with van der Waals surface area (Å²) >= 11 is 0. The summed E-state index contributed by atoms with van der Waals surface area (Å²) < 4.78 is 16.4. The van der Waals surface area contributed by atoms with Gasteiger partial charge in [0.05, 0.1) is 25.2 Å². The highest BCUT2D eigenvalue weighted by Crippen LogP contribution is 2.27. The van der Waals surface area contributed by atoms with Crippen molar-refractivity contribution in [1.82, 2.24) is 10.2 Å². The number of rotatable bonds is 7. The second kappa shape index (κ2) is 10.1. The molecule has 3 aliphatic rings. The summed E-state index contributed by atoms with van der Waals surface area (Å²) in [6, 6.07) is 7.03. The number of carbonyl (C=O) groups is 3. The minimum atomic E-state index is -0.365. The predicted molar refractivity (Wildman–Crippen MR) is 112 cm³/mol. The van der Waals surface area contributed by atoms with E-state index in [2.05, 4.69) is 5.32 Å². The summed E-state index contributed by atoms with van der Waals surface area (Å²) in [5.41, 5.74) is 0.714. The quantitative estimate of drug-likeness (QED) is 0.678. The van der Waals surface area contributed by atoms with Gasteiger partial charge in [-0.25, -0.2) is 0 Å². The van der Waals surface area contributed by atoms with E-state index in [1.54, 1.807) is 34.1 Å². The molecule has 1 N–H and O–H groups in total. The minimum absolute atomic E-state index is 0.0328. The monoisotopic (exact) mass is 431 g/mol. The standard InChI is InChI=1S/C22H29N3O6/c26-20-12-16(22(28)23-13-19-2-1-9-30-19)14-25(20)17-3-5-18(6-4-17)31-15-21(27)24-7-10-29-11-8-24/h3-6,16,19H,1-2,7-15H2,(H,23,28). The molecule has 1 aromatic carbocycles. The molecule has 3 saturated heterocycles. The number of anilines is 1. The SMILES string of the molecule is O=C(NCC1CCCO1)C1CC(=O)N(c2ccc(OCC(=O)N3CCOCC3)cc2)C1. The molecule has 9 heteroatoms. The summed E-state index contributed by atoms with van der Waals surface area (Å²) in [6.45, 7) is 3.84. The third-order valence-electron chi connectivity index (χ3n) is 5.90. The fraction of sp³-hybridized carbons (Fsp3) is 0.591. The lowest BCUT2D eigenvalue weighted by atomic mass is 10.1. The maximum Gasteiger partial charge on any atom is 0.260 e. The Bertz CT molecular complexity index is 787. The largest absolute Gasteiger partial charge is 0.484 e. The number of benzene rings is 1. The molecular formula is C22H29N3O6. The first-order chi connectivity index (χ1) is 15.1. The molecule has 4 rings (SSSR count). The minimum Gasteiger partial charge on any atom is -0.484 e. The highest BCUT2D eigenvalue weighted by molar-refractivity contribution is 6.00. The van der Waals surface area contributed by atoms with Crippen LogP contribution < -0.4 is 15.0 Å². The lowest BCUT2D eigenvalue weighted by molar-refractivity contribution is -0.137. The molecule has 3 aliphatic heterocycles. The van der Waals surface area contributed by atoms with Gasteiger partial charge in [0, 0.05) is 44.9 Å². The van der Waals surface area contributed by atoms with Gasteiger partial charge in [-0.2, -0.15) is 0 Å². The van der Waals surface area contributed by atoms with Crippen molar-refractivity contribution in [1.29, 1.82) is 0 Å². The van der Waals surface area contributed by atoms with Gasteiger partial charge in [0.25, 0.3) is 5.91 Å². The van der Waals surface area contributed by atoms with Gasteiger partial charge in [-0.05, 0) is 37.1 Å².